The third-order valence-electron chi connectivity index (χ3n) is 3.50. The Balaban J connectivity index is 1.69. The first kappa shape index (κ1) is 15.5. The number of hydrogen-bond donors (Lipinski definition) is 1. The number of amides is 1. The number of hydrogen-bond acceptors (Lipinski definition) is 4. The molecule has 5 heteroatoms. The Kier molecular flexibility index (Phi) is 4.57. The number of carbonyl (C=O) groups is 1. The van der Waals surface area contributed by atoms with Crippen molar-refractivity contribution in [1.82, 2.24) is 9.97 Å². The van der Waals surface area contributed by atoms with E-state index in [9.17, 15) is 4.79 Å². The minimum absolute atomic E-state index is 0.0374. The van der Waals surface area contributed by atoms with Gasteiger partial charge in [0.15, 0.2) is 0 Å². The lowest BCUT2D eigenvalue weighted by Crippen LogP contribution is -2.15. The van der Waals surface area contributed by atoms with E-state index in [2.05, 4.69) is 21.4 Å². The maximum atomic E-state index is 12.2. The molecule has 4 nitrogen and oxygen atoms in total. The van der Waals surface area contributed by atoms with Crippen LogP contribution in [-0.2, 0) is 4.79 Å². The number of thioether (sulfide) groups is 1. The molecule has 0 unspecified atom stereocenters. The van der Waals surface area contributed by atoms with Crippen molar-refractivity contribution < 1.29 is 4.79 Å². The summed E-state index contributed by atoms with van der Waals surface area (Å²) in [6.07, 6.45) is 1.53. The summed E-state index contributed by atoms with van der Waals surface area (Å²) < 4.78 is 0. The van der Waals surface area contributed by atoms with Gasteiger partial charge in [-0.25, -0.2) is 9.97 Å². The minimum Gasteiger partial charge on any atom is -0.325 e. The van der Waals surface area contributed by atoms with Crippen molar-refractivity contribution >= 4 is 34.3 Å². The van der Waals surface area contributed by atoms with Crippen LogP contribution >= 0.6 is 11.8 Å². The van der Waals surface area contributed by atoms with Crippen LogP contribution in [0.4, 0.5) is 5.69 Å². The normalized spacial score (nSPS) is 10.7. The molecular weight excluding hydrogens is 306 g/mol. The highest BCUT2D eigenvalue weighted by molar-refractivity contribution is 8.00. The number of para-hydroxylation sites is 1. The van der Waals surface area contributed by atoms with E-state index in [0.717, 1.165) is 27.2 Å². The molecule has 116 valence electrons. The number of carbonyl (C=O) groups excluding carboxylic acids is 1. The fourth-order valence-electron chi connectivity index (χ4n) is 2.37. The van der Waals surface area contributed by atoms with E-state index in [4.69, 9.17) is 0 Å². The number of aryl methyl sites for hydroxylation is 2. The van der Waals surface area contributed by atoms with Crippen molar-refractivity contribution in [2.75, 3.05) is 11.1 Å². The molecule has 0 aliphatic rings. The van der Waals surface area contributed by atoms with Crippen LogP contribution in [0.2, 0.25) is 0 Å². The van der Waals surface area contributed by atoms with E-state index < -0.39 is 0 Å². The van der Waals surface area contributed by atoms with Crippen molar-refractivity contribution in [2.24, 2.45) is 0 Å². The van der Waals surface area contributed by atoms with E-state index >= 15 is 0 Å². The van der Waals surface area contributed by atoms with Gasteiger partial charge in [0.2, 0.25) is 5.91 Å². The molecule has 23 heavy (non-hydrogen) atoms. The molecule has 0 saturated heterocycles. The quantitative estimate of drug-likeness (QED) is 0.583. The number of rotatable bonds is 4. The van der Waals surface area contributed by atoms with Crippen LogP contribution in [0.25, 0.3) is 10.9 Å². The Bertz CT molecular complexity index is 859. The number of nitrogens with one attached hydrogen (secondary N) is 1. The average molecular weight is 323 g/mol. The third kappa shape index (κ3) is 3.68. The number of fused-ring (bicyclic) bond motifs is 1. The second-order valence-electron chi connectivity index (χ2n) is 5.35. The molecule has 0 aliphatic carbocycles. The fraction of sp³-hybridized carbons (Fsp3) is 0.167. The Morgan fingerprint density at radius 3 is 2.78 bits per heavy atom. The third-order valence-corrected chi connectivity index (χ3v) is 4.51. The number of aromatic nitrogens is 2. The first-order valence-electron chi connectivity index (χ1n) is 7.33. The molecule has 0 bridgehead atoms. The highest BCUT2D eigenvalue weighted by Crippen LogP contribution is 2.24. The van der Waals surface area contributed by atoms with Crippen molar-refractivity contribution in [3.63, 3.8) is 0 Å². The lowest BCUT2D eigenvalue weighted by molar-refractivity contribution is -0.113. The maximum absolute atomic E-state index is 12.2. The Labute approximate surface area is 139 Å². The van der Waals surface area contributed by atoms with Crippen LogP contribution < -0.4 is 5.32 Å². The van der Waals surface area contributed by atoms with Crippen molar-refractivity contribution in [3.05, 3.63) is 59.9 Å². The average Bonchev–Trinajstić information content (AvgIpc) is 2.55. The van der Waals surface area contributed by atoms with Crippen LogP contribution in [0.3, 0.4) is 0 Å². The summed E-state index contributed by atoms with van der Waals surface area (Å²) in [6.45, 7) is 4.03. The molecule has 0 atom stereocenters. The van der Waals surface area contributed by atoms with Gasteiger partial charge < -0.3 is 5.32 Å². The van der Waals surface area contributed by atoms with Gasteiger partial charge in [-0.1, -0.05) is 47.7 Å². The molecule has 2 aromatic carbocycles. The molecule has 1 aromatic heterocycles. The molecule has 0 spiro atoms. The number of anilines is 1. The van der Waals surface area contributed by atoms with Crippen LogP contribution in [0.15, 0.2) is 53.8 Å². The van der Waals surface area contributed by atoms with Gasteiger partial charge in [-0.05, 0) is 31.5 Å². The zero-order chi connectivity index (χ0) is 16.2. The second-order valence-corrected chi connectivity index (χ2v) is 6.32. The topological polar surface area (TPSA) is 54.9 Å². The van der Waals surface area contributed by atoms with Crippen LogP contribution in [0.5, 0.6) is 0 Å². The fourth-order valence-corrected chi connectivity index (χ4v) is 3.16. The van der Waals surface area contributed by atoms with Gasteiger partial charge in [0.05, 0.1) is 11.3 Å². The van der Waals surface area contributed by atoms with Crippen LogP contribution in [0.1, 0.15) is 11.1 Å². The van der Waals surface area contributed by atoms with Gasteiger partial charge in [-0.3, -0.25) is 4.79 Å². The standard InChI is InChI=1S/C18H17N3OS/c1-12-7-8-15(13(2)9-12)21-17(22)10-23-18-14-5-3-4-6-16(14)19-11-20-18/h3-9,11H,10H2,1-2H3,(H,21,22). The molecule has 0 aliphatic heterocycles. The summed E-state index contributed by atoms with van der Waals surface area (Å²) >= 11 is 1.42. The first-order chi connectivity index (χ1) is 11.1. The van der Waals surface area contributed by atoms with E-state index in [0.29, 0.717) is 5.75 Å². The number of benzene rings is 2. The van der Waals surface area contributed by atoms with Gasteiger partial charge in [-0.15, -0.1) is 0 Å². The zero-order valence-electron chi connectivity index (χ0n) is 13.0. The van der Waals surface area contributed by atoms with Gasteiger partial charge in [0.1, 0.15) is 11.4 Å². The predicted octanol–water partition coefficient (Wildman–Crippen LogP) is 3.98. The SMILES string of the molecule is Cc1ccc(NC(=O)CSc2ncnc3ccccc23)c(C)c1. The summed E-state index contributed by atoms with van der Waals surface area (Å²) in [5.74, 6) is 0.276. The molecule has 3 rings (SSSR count). The van der Waals surface area contributed by atoms with Gasteiger partial charge in [-0.2, -0.15) is 0 Å². The number of nitrogens with zero attached hydrogens (tertiary/aromatic N) is 2. The van der Waals surface area contributed by atoms with E-state index in [-0.39, 0.29) is 5.91 Å². The van der Waals surface area contributed by atoms with E-state index in [1.807, 2.05) is 50.2 Å². The highest BCUT2D eigenvalue weighted by atomic mass is 32.2. The molecule has 0 radical (unpaired) electrons. The van der Waals surface area contributed by atoms with Crippen LogP contribution in [-0.4, -0.2) is 21.6 Å². The van der Waals surface area contributed by atoms with E-state index in [1.165, 1.54) is 23.7 Å². The second kappa shape index (κ2) is 6.79. The Morgan fingerprint density at radius 2 is 1.96 bits per heavy atom. The van der Waals surface area contributed by atoms with Gasteiger partial charge >= 0.3 is 0 Å². The first-order valence-corrected chi connectivity index (χ1v) is 8.32. The van der Waals surface area contributed by atoms with Crippen LogP contribution in [0, 0.1) is 13.8 Å². The summed E-state index contributed by atoms with van der Waals surface area (Å²) in [6, 6.07) is 13.8. The molecule has 1 N–H and O–H groups in total. The predicted molar refractivity (Wildman–Crippen MR) is 94.8 cm³/mol. The molecule has 3 aromatic rings. The lowest BCUT2D eigenvalue weighted by Gasteiger charge is -2.09. The summed E-state index contributed by atoms with van der Waals surface area (Å²) in [7, 11) is 0. The zero-order valence-corrected chi connectivity index (χ0v) is 13.9. The van der Waals surface area contributed by atoms with Crippen molar-refractivity contribution in [2.45, 2.75) is 18.9 Å². The summed E-state index contributed by atoms with van der Waals surface area (Å²) in [5, 5.41) is 4.75. The Morgan fingerprint density at radius 1 is 1.13 bits per heavy atom. The minimum atomic E-state index is -0.0374. The maximum Gasteiger partial charge on any atom is 0.234 e. The molecule has 1 amide bonds. The van der Waals surface area contributed by atoms with Crippen molar-refractivity contribution in [1.29, 1.82) is 0 Å². The summed E-state index contributed by atoms with van der Waals surface area (Å²) in [4.78, 5) is 20.7. The molecule has 1 heterocycles. The molecular formula is C18H17N3OS. The highest BCUT2D eigenvalue weighted by Gasteiger charge is 2.09. The lowest BCUT2D eigenvalue weighted by atomic mass is 10.1. The van der Waals surface area contributed by atoms with Gasteiger partial charge in [0, 0.05) is 11.1 Å². The summed E-state index contributed by atoms with van der Waals surface area (Å²) in [5.41, 5.74) is 3.99. The van der Waals surface area contributed by atoms with E-state index in [1.54, 1.807) is 0 Å². The molecule has 0 fully saturated rings. The largest absolute Gasteiger partial charge is 0.325 e. The van der Waals surface area contributed by atoms with Gasteiger partial charge in [0.25, 0.3) is 0 Å². The smallest absolute Gasteiger partial charge is 0.234 e. The monoisotopic (exact) mass is 323 g/mol. The Hall–Kier alpha value is -2.40. The molecule has 0 saturated carbocycles. The van der Waals surface area contributed by atoms with Crippen molar-refractivity contribution in [3.8, 4) is 0 Å².